The van der Waals surface area contributed by atoms with E-state index in [1.807, 2.05) is 30.0 Å². The number of H-pyrrole nitrogens is 1. The molecule has 27 heavy (non-hydrogen) atoms. The lowest BCUT2D eigenvalue weighted by molar-refractivity contribution is -0.386. The van der Waals surface area contributed by atoms with E-state index in [4.69, 9.17) is 0 Å². The molecule has 0 bridgehead atoms. The van der Waals surface area contributed by atoms with E-state index in [9.17, 15) is 14.9 Å². The third kappa shape index (κ3) is 2.68. The minimum absolute atomic E-state index is 0.000412. The van der Waals surface area contributed by atoms with Gasteiger partial charge in [0.05, 0.1) is 11.0 Å². The molecular formula is C19H21N5O3. The van der Waals surface area contributed by atoms with Crippen LogP contribution in [-0.4, -0.2) is 37.0 Å². The Morgan fingerprint density at radius 2 is 2.11 bits per heavy atom. The lowest BCUT2D eigenvalue weighted by Crippen LogP contribution is -2.40. The van der Waals surface area contributed by atoms with Crippen LogP contribution in [0, 0.1) is 24.0 Å². The van der Waals surface area contributed by atoms with Gasteiger partial charge in [-0.3, -0.25) is 19.6 Å². The number of carbonyl (C=O) groups is 1. The first-order valence-corrected chi connectivity index (χ1v) is 8.95. The van der Waals surface area contributed by atoms with E-state index in [0.717, 1.165) is 17.6 Å². The van der Waals surface area contributed by atoms with Gasteiger partial charge in [-0.15, -0.1) is 0 Å². The van der Waals surface area contributed by atoms with Crippen molar-refractivity contribution < 1.29 is 9.72 Å². The summed E-state index contributed by atoms with van der Waals surface area (Å²) in [6.45, 7) is 5.85. The van der Waals surface area contributed by atoms with E-state index in [-0.39, 0.29) is 24.2 Å². The predicted octanol–water partition coefficient (Wildman–Crippen LogP) is 3.04. The van der Waals surface area contributed by atoms with Crippen molar-refractivity contribution in [1.29, 1.82) is 0 Å². The van der Waals surface area contributed by atoms with Crippen LogP contribution in [0.25, 0.3) is 10.9 Å². The Kier molecular flexibility index (Phi) is 3.98. The molecule has 0 spiro atoms. The summed E-state index contributed by atoms with van der Waals surface area (Å²) >= 11 is 0. The van der Waals surface area contributed by atoms with Gasteiger partial charge < -0.3 is 9.88 Å². The van der Waals surface area contributed by atoms with E-state index in [1.165, 1.54) is 15.6 Å². The number of aryl methyl sites for hydroxylation is 1. The number of hydrogen-bond acceptors (Lipinski definition) is 4. The highest BCUT2D eigenvalue weighted by Gasteiger charge is 2.31. The van der Waals surface area contributed by atoms with Gasteiger partial charge in [0.2, 0.25) is 5.91 Å². The molecule has 2 aromatic heterocycles. The van der Waals surface area contributed by atoms with E-state index >= 15 is 0 Å². The molecule has 140 valence electrons. The van der Waals surface area contributed by atoms with Crippen molar-refractivity contribution in [3.63, 3.8) is 0 Å². The van der Waals surface area contributed by atoms with E-state index in [2.05, 4.69) is 16.1 Å². The molecule has 1 aliphatic heterocycles. The first-order valence-electron chi connectivity index (χ1n) is 8.95. The molecule has 8 nitrogen and oxygen atoms in total. The van der Waals surface area contributed by atoms with Crippen LogP contribution in [0.15, 0.2) is 24.3 Å². The molecule has 0 radical (unpaired) electrons. The number of rotatable bonds is 3. The fourth-order valence-electron chi connectivity index (χ4n) is 4.09. The molecule has 4 rings (SSSR count). The van der Waals surface area contributed by atoms with Crippen LogP contribution in [-0.2, 0) is 17.8 Å². The topological polar surface area (TPSA) is 97.1 Å². The molecule has 3 heterocycles. The Hall–Kier alpha value is -3.16. The highest BCUT2D eigenvalue weighted by Crippen LogP contribution is 2.34. The van der Waals surface area contributed by atoms with Crippen LogP contribution < -0.4 is 0 Å². The van der Waals surface area contributed by atoms with Crippen molar-refractivity contribution in [2.45, 2.75) is 39.8 Å². The monoisotopic (exact) mass is 367 g/mol. The normalized spacial score (nSPS) is 16.6. The molecule has 0 saturated carbocycles. The van der Waals surface area contributed by atoms with Gasteiger partial charge in [0, 0.05) is 23.1 Å². The van der Waals surface area contributed by atoms with E-state index in [1.54, 1.807) is 13.8 Å². The molecule has 3 aromatic rings. The summed E-state index contributed by atoms with van der Waals surface area (Å²) in [7, 11) is 0. The number of nitro groups is 1. The Labute approximate surface area is 155 Å². The lowest BCUT2D eigenvalue weighted by Gasteiger charge is -2.33. The maximum atomic E-state index is 12.9. The zero-order valence-electron chi connectivity index (χ0n) is 15.5. The number of hydrogen-bond donors (Lipinski definition) is 1. The summed E-state index contributed by atoms with van der Waals surface area (Å²) in [6, 6.07) is 8.08. The zero-order chi connectivity index (χ0) is 19.3. The van der Waals surface area contributed by atoms with Crippen molar-refractivity contribution >= 4 is 22.5 Å². The predicted molar refractivity (Wildman–Crippen MR) is 100 cm³/mol. The highest BCUT2D eigenvalue weighted by molar-refractivity contribution is 5.86. The standard InChI is InChI=1S/C19H21N5O3/c1-11-19(24(26)27)13(3)23(21-11)10-17(25)22-9-8-15-14-6-4-5-7-16(14)20-18(15)12(22)2/h4-7,12,20H,8-10H2,1-3H3/t12-/m1/s1. The molecule has 1 atom stereocenters. The van der Waals surface area contributed by atoms with Gasteiger partial charge >= 0.3 is 5.69 Å². The smallest absolute Gasteiger partial charge is 0.312 e. The molecule has 1 aliphatic rings. The molecule has 0 saturated heterocycles. The van der Waals surface area contributed by atoms with E-state index < -0.39 is 4.92 Å². The third-order valence-corrected chi connectivity index (χ3v) is 5.47. The average molecular weight is 367 g/mol. The van der Waals surface area contributed by atoms with Gasteiger partial charge in [-0.25, -0.2) is 0 Å². The van der Waals surface area contributed by atoms with Crippen LogP contribution in [0.2, 0.25) is 0 Å². The second kappa shape index (κ2) is 6.22. The fraction of sp³-hybridized carbons (Fsp3) is 0.368. The van der Waals surface area contributed by atoms with Crippen molar-refractivity contribution in [2.75, 3.05) is 6.54 Å². The molecule has 1 amide bonds. The van der Waals surface area contributed by atoms with Crippen molar-refractivity contribution in [1.82, 2.24) is 19.7 Å². The molecule has 1 N–H and O–H groups in total. The number of nitrogens with one attached hydrogen (secondary N) is 1. The van der Waals surface area contributed by atoms with Crippen LogP contribution in [0.1, 0.15) is 35.6 Å². The van der Waals surface area contributed by atoms with Crippen LogP contribution in [0.3, 0.4) is 0 Å². The van der Waals surface area contributed by atoms with Gasteiger partial charge in [-0.2, -0.15) is 5.10 Å². The lowest BCUT2D eigenvalue weighted by atomic mass is 9.98. The number of carbonyl (C=O) groups excluding carboxylic acids is 1. The zero-order valence-corrected chi connectivity index (χ0v) is 15.5. The molecular weight excluding hydrogens is 346 g/mol. The minimum Gasteiger partial charge on any atom is -0.356 e. The van der Waals surface area contributed by atoms with Crippen molar-refractivity contribution in [3.05, 3.63) is 57.0 Å². The maximum absolute atomic E-state index is 12.9. The summed E-state index contributed by atoms with van der Waals surface area (Å²) in [5.41, 5.74) is 4.13. The molecule has 8 heteroatoms. The molecule has 0 aliphatic carbocycles. The number of aromatic nitrogens is 3. The summed E-state index contributed by atoms with van der Waals surface area (Å²) in [5.74, 6) is -0.0905. The summed E-state index contributed by atoms with van der Waals surface area (Å²) in [4.78, 5) is 28.9. The second-order valence-corrected chi connectivity index (χ2v) is 7.01. The highest BCUT2D eigenvalue weighted by atomic mass is 16.6. The average Bonchev–Trinajstić information content (AvgIpc) is 3.13. The molecule has 0 fully saturated rings. The molecule has 0 unspecified atom stereocenters. The maximum Gasteiger partial charge on any atom is 0.312 e. The number of aromatic amines is 1. The Bertz CT molecular complexity index is 1060. The first-order chi connectivity index (χ1) is 12.9. The largest absolute Gasteiger partial charge is 0.356 e. The summed E-state index contributed by atoms with van der Waals surface area (Å²) < 4.78 is 1.43. The number of nitrogens with zero attached hydrogens (tertiary/aromatic N) is 4. The van der Waals surface area contributed by atoms with Crippen LogP contribution in [0.5, 0.6) is 0 Å². The Morgan fingerprint density at radius 1 is 1.37 bits per heavy atom. The van der Waals surface area contributed by atoms with E-state index in [0.29, 0.717) is 17.9 Å². The van der Waals surface area contributed by atoms with Crippen LogP contribution in [0.4, 0.5) is 5.69 Å². The van der Waals surface area contributed by atoms with Crippen molar-refractivity contribution in [2.24, 2.45) is 0 Å². The minimum atomic E-state index is -0.446. The quantitative estimate of drug-likeness (QED) is 0.568. The van der Waals surface area contributed by atoms with Gasteiger partial charge in [-0.1, -0.05) is 18.2 Å². The summed E-state index contributed by atoms with van der Waals surface area (Å²) in [5, 5.41) is 16.6. The second-order valence-electron chi connectivity index (χ2n) is 7.01. The SMILES string of the molecule is Cc1nn(CC(=O)N2CCc3c([nH]c4ccccc34)[C@H]2C)c(C)c1[N+](=O)[O-]. The summed E-state index contributed by atoms with van der Waals surface area (Å²) in [6.07, 6.45) is 0.784. The Balaban J connectivity index is 1.60. The number of amides is 1. The first kappa shape index (κ1) is 17.3. The van der Waals surface area contributed by atoms with Gasteiger partial charge in [-0.05, 0) is 38.8 Å². The number of para-hydroxylation sites is 1. The number of fused-ring (bicyclic) bond motifs is 3. The van der Waals surface area contributed by atoms with Gasteiger partial charge in [0.15, 0.2) is 0 Å². The van der Waals surface area contributed by atoms with Crippen LogP contribution >= 0.6 is 0 Å². The molecule has 1 aromatic carbocycles. The van der Waals surface area contributed by atoms with Gasteiger partial charge in [0.1, 0.15) is 17.9 Å². The van der Waals surface area contributed by atoms with Gasteiger partial charge in [0.25, 0.3) is 0 Å². The Morgan fingerprint density at radius 3 is 2.81 bits per heavy atom. The third-order valence-electron chi connectivity index (χ3n) is 5.47. The van der Waals surface area contributed by atoms with Crippen molar-refractivity contribution in [3.8, 4) is 0 Å². The fourth-order valence-corrected chi connectivity index (χ4v) is 4.09. The number of benzene rings is 1.